The Morgan fingerprint density at radius 1 is 1.03 bits per heavy atom. The molecule has 0 spiro atoms. The molecule has 0 atom stereocenters. The van der Waals surface area contributed by atoms with E-state index in [0.29, 0.717) is 24.4 Å². The van der Waals surface area contributed by atoms with Crippen LogP contribution in [-0.2, 0) is 12.7 Å². The van der Waals surface area contributed by atoms with Gasteiger partial charge < -0.3 is 9.64 Å². The van der Waals surface area contributed by atoms with Crippen LogP contribution in [0.2, 0.25) is 0 Å². The number of carbonyl (C=O) groups excluding carboxylic acids is 1. The number of rotatable bonds is 5. The van der Waals surface area contributed by atoms with Gasteiger partial charge in [-0.05, 0) is 41.8 Å². The predicted molar refractivity (Wildman–Crippen MR) is 111 cm³/mol. The highest BCUT2D eigenvalue weighted by Gasteiger charge is 2.30. The summed E-state index contributed by atoms with van der Waals surface area (Å²) in [4.78, 5) is 21.9. The third-order valence-corrected chi connectivity index (χ3v) is 5.87. The lowest BCUT2D eigenvalue weighted by molar-refractivity contribution is -0.137. The number of hydrogen-bond acceptors (Lipinski definition) is 5. The van der Waals surface area contributed by atoms with Crippen LogP contribution in [0.3, 0.4) is 0 Å². The van der Waals surface area contributed by atoms with Crippen molar-refractivity contribution in [3.05, 3.63) is 76.1 Å². The highest BCUT2D eigenvalue weighted by atomic mass is 32.1. The summed E-state index contributed by atoms with van der Waals surface area (Å²) in [5, 5.41) is 2.07. The van der Waals surface area contributed by atoms with Crippen molar-refractivity contribution in [2.45, 2.75) is 12.7 Å². The Bertz CT molecular complexity index is 998. The fourth-order valence-electron chi connectivity index (χ4n) is 3.31. The molecule has 0 unspecified atom stereocenters. The number of aromatic nitrogens is 1. The molecule has 1 amide bonds. The summed E-state index contributed by atoms with van der Waals surface area (Å²) in [5.41, 5.74) is -0.296. The van der Waals surface area contributed by atoms with Crippen molar-refractivity contribution >= 4 is 17.2 Å². The number of thiophene rings is 1. The van der Waals surface area contributed by atoms with Crippen LogP contribution < -0.4 is 4.74 Å². The number of halogens is 3. The topological polar surface area (TPSA) is 45.7 Å². The van der Waals surface area contributed by atoms with E-state index in [1.165, 1.54) is 4.88 Å². The van der Waals surface area contributed by atoms with Gasteiger partial charge in [-0.15, -0.1) is 11.3 Å². The molecule has 3 heterocycles. The van der Waals surface area contributed by atoms with E-state index in [2.05, 4.69) is 21.3 Å². The first-order chi connectivity index (χ1) is 14.9. The van der Waals surface area contributed by atoms with Crippen LogP contribution in [0, 0.1) is 0 Å². The number of pyridine rings is 1. The first-order valence-electron chi connectivity index (χ1n) is 9.74. The minimum Gasteiger partial charge on any atom is -0.439 e. The third-order valence-electron chi connectivity index (χ3n) is 5.01. The van der Waals surface area contributed by atoms with Gasteiger partial charge in [0, 0.05) is 55.4 Å². The zero-order valence-electron chi connectivity index (χ0n) is 16.5. The molecule has 3 aromatic rings. The zero-order valence-corrected chi connectivity index (χ0v) is 17.3. The number of carbonyl (C=O) groups is 1. The molecular weight excluding hydrogens is 427 g/mol. The monoisotopic (exact) mass is 447 g/mol. The van der Waals surface area contributed by atoms with Gasteiger partial charge in [0.2, 0.25) is 5.88 Å². The van der Waals surface area contributed by atoms with Crippen LogP contribution in [-0.4, -0.2) is 46.9 Å². The number of alkyl halides is 3. The van der Waals surface area contributed by atoms with Crippen molar-refractivity contribution < 1.29 is 22.7 Å². The Morgan fingerprint density at radius 3 is 2.35 bits per heavy atom. The number of nitrogens with zero attached hydrogens (tertiary/aromatic N) is 3. The maximum atomic E-state index is 12.8. The summed E-state index contributed by atoms with van der Waals surface area (Å²) in [6, 6.07) is 12.8. The quantitative estimate of drug-likeness (QED) is 0.558. The molecular formula is C22H20F3N3O2S. The van der Waals surface area contributed by atoms with Gasteiger partial charge in [0.05, 0.1) is 5.56 Å². The number of piperazine rings is 1. The molecule has 0 saturated carbocycles. The minimum absolute atomic E-state index is 0.0463. The summed E-state index contributed by atoms with van der Waals surface area (Å²) in [6.07, 6.45) is -3.71. The molecule has 0 bridgehead atoms. The molecule has 5 nitrogen and oxygen atoms in total. The van der Waals surface area contributed by atoms with Crippen LogP contribution in [0.15, 0.2) is 60.1 Å². The van der Waals surface area contributed by atoms with E-state index in [9.17, 15) is 18.0 Å². The Balaban J connectivity index is 1.31. The van der Waals surface area contributed by atoms with Crippen LogP contribution in [0.25, 0.3) is 0 Å². The molecule has 1 aliphatic rings. The van der Waals surface area contributed by atoms with Gasteiger partial charge >= 0.3 is 6.18 Å². The molecule has 0 N–H and O–H groups in total. The lowest BCUT2D eigenvalue weighted by Crippen LogP contribution is -2.48. The fourth-order valence-corrected chi connectivity index (χ4v) is 4.06. The largest absolute Gasteiger partial charge is 0.439 e. The van der Waals surface area contributed by atoms with Crippen molar-refractivity contribution in [3.8, 4) is 11.6 Å². The molecule has 0 aliphatic carbocycles. The fraction of sp³-hybridized carbons (Fsp3) is 0.273. The van der Waals surface area contributed by atoms with Gasteiger partial charge in [-0.25, -0.2) is 4.98 Å². The van der Waals surface area contributed by atoms with Gasteiger partial charge in [0.25, 0.3) is 5.91 Å². The minimum atomic E-state index is -4.44. The maximum absolute atomic E-state index is 12.8. The van der Waals surface area contributed by atoms with Crippen molar-refractivity contribution in [1.82, 2.24) is 14.8 Å². The second-order valence-electron chi connectivity index (χ2n) is 7.16. The normalized spacial score (nSPS) is 15.1. The number of ether oxygens (including phenoxy) is 1. The van der Waals surface area contributed by atoms with Gasteiger partial charge in [0.15, 0.2) is 0 Å². The van der Waals surface area contributed by atoms with Crippen molar-refractivity contribution in [3.63, 3.8) is 0 Å². The van der Waals surface area contributed by atoms with Crippen molar-refractivity contribution in [2.24, 2.45) is 0 Å². The molecule has 1 aromatic carbocycles. The van der Waals surface area contributed by atoms with E-state index >= 15 is 0 Å². The van der Waals surface area contributed by atoms with E-state index < -0.39 is 11.7 Å². The second-order valence-corrected chi connectivity index (χ2v) is 8.19. The predicted octanol–water partition coefficient (Wildman–Crippen LogP) is 4.91. The van der Waals surface area contributed by atoms with Crippen LogP contribution >= 0.6 is 11.3 Å². The van der Waals surface area contributed by atoms with Crippen LogP contribution in [0.1, 0.15) is 20.8 Å². The van der Waals surface area contributed by atoms with Crippen LogP contribution in [0.5, 0.6) is 11.6 Å². The average Bonchev–Trinajstić information content (AvgIpc) is 3.27. The van der Waals surface area contributed by atoms with E-state index in [4.69, 9.17) is 4.74 Å². The standard InChI is InChI=1S/C22H20F3N3O2S/c23-22(24,25)17-5-8-20(26-14-17)30-18-6-3-16(4-7-18)21(29)28-11-9-27(10-12-28)15-19-2-1-13-31-19/h1-8,13-14H,9-12,15H2. The number of hydrogen-bond donors (Lipinski definition) is 0. The van der Waals surface area contributed by atoms with Crippen molar-refractivity contribution in [1.29, 1.82) is 0 Å². The van der Waals surface area contributed by atoms with E-state index in [0.717, 1.165) is 38.0 Å². The SMILES string of the molecule is O=C(c1ccc(Oc2ccc(C(F)(F)F)cn2)cc1)N1CCN(Cc2cccs2)CC1. The second kappa shape index (κ2) is 9.07. The smallest absolute Gasteiger partial charge is 0.417 e. The van der Waals surface area contributed by atoms with E-state index in [1.807, 2.05) is 11.0 Å². The molecule has 9 heteroatoms. The summed E-state index contributed by atoms with van der Waals surface area (Å²) in [7, 11) is 0. The molecule has 1 saturated heterocycles. The van der Waals surface area contributed by atoms with E-state index in [1.54, 1.807) is 35.6 Å². The van der Waals surface area contributed by atoms with Gasteiger partial charge in [0.1, 0.15) is 5.75 Å². The van der Waals surface area contributed by atoms with Crippen LogP contribution in [0.4, 0.5) is 13.2 Å². The molecule has 31 heavy (non-hydrogen) atoms. The lowest BCUT2D eigenvalue weighted by Gasteiger charge is -2.34. The summed E-state index contributed by atoms with van der Waals surface area (Å²) in [6.45, 7) is 3.88. The highest BCUT2D eigenvalue weighted by Crippen LogP contribution is 2.30. The third kappa shape index (κ3) is 5.42. The lowest BCUT2D eigenvalue weighted by atomic mass is 10.1. The van der Waals surface area contributed by atoms with E-state index in [-0.39, 0.29) is 11.8 Å². The number of amides is 1. The first kappa shape index (κ1) is 21.3. The summed E-state index contributed by atoms with van der Waals surface area (Å²) in [5.74, 6) is 0.397. The Morgan fingerprint density at radius 2 is 1.77 bits per heavy atom. The Hall–Kier alpha value is -2.91. The average molecular weight is 447 g/mol. The van der Waals surface area contributed by atoms with Gasteiger partial charge in [-0.3, -0.25) is 9.69 Å². The highest BCUT2D eigenvalue weighted by molar-refractivity contribution is 7.09. The number of benzene rings is 1. The zero-order chi connectivity index (χ0) is 21.8. The molecule has 1 fully saturated rings. The first-order valence-corrected chi connectivity index (χ1v) is 10.6. The molecule has 0 radical (unpaired) electrons. The Labute approximate surface area is 181 Å². The molecule has 162 valence electrons. The molecule has 2 aromatic heterocycles. The molecule has 4 rings (SSSR count). The summed E-state index contributed by atoms with van der Waals surface area (Å²) >= 11 is 1.74. The Kier molecular flexibility index (Phi) is 6.24. The van der Waals surface area contributed by atoms with Crippen molar-refractivity contribution in [2.75, 3.05) is 26.2 Å². The maximum Gasteiger partial charge on any atom is 0.417 e. The summed E-state index contributed by atoms with van der Waals surface area (Å²) < 4.78 is 43.3. The van der Waals surface area contributed by atoms with Gasteiger partial charge in [-0.1, -0.05) is 6.07 Å². The van der Waals surface area contributed by atoms with Gasteiger partial charge in [-0.2, -0.15) is 13.2 Å². The molecule has 1 aliphatic heterocycles.